The van der Waals surface area contributed by atoms with Crippen molar-refractivity contribution in [1.29, 1.82) is 0 Å². The number of aromatic nitrogens is 3. The fourth-order valence-electron chi connectivity index (χ4n) is 3.46. The van der Waals surface area contributed by atoms with Crippen LogP contribution >= 0.6 is 23.4 Å². The zero-order valence-corrected chi connectivity index (χ0v) is 16.9. The van der Waals surface area contributed by atoms with E-state index in [-0.39, 0.29) is 5.91 Å². The maximum atomic E-state index is 12.7. The van der Waals surface area contributed by atoms with Gasteiger partial charge in [-0.1, -0.05) is 30.3 Å². The first kappa shape index (κ1) is 19.2. The fraction of sp³-hybridized carbons (Fsp3) is 0.526. The molecule has 1 atom stereocenters. The Bertz CT molecular complexity index is 746. The smallest absolute Gasteiger partial charge is 0.233 e. The average Bonchev–Trinajstić information content (AvgIpc) is 3.09. The molecular weight excluding hydrogens is 368 g/mol. The molecule has 2 heterocycles. The van der Waals surface area contributed by atoms with E-state index in [4.69, 9.17) is 11.6 Å². The second-order valence-electron chi connectivity index (χ2n) is 6.49. The van der Waals surface area contributed by atoms with E-state index in [1.807, 2.05) is 24.3 Å². The molecule has 1 amide bonds. The second kappa shape index (κ2) is 8.91. The van der Waals surface area contributed by atoms with Crippen LogP contribution < -0.4 is 0 Å². The molecule has 3 rings (SSSR count). The predicted octanol–water partition coefficient (Wildman–Crippen LogP) is 4.50. The number of piperidine rings is 1. The summed E-state index contributed by atoms with van der Waals surface area (Å²) in [6.07, 6.45) is 4.49. The van der Waals surface area contributed by atoms with E-state index >= 15 is 0 Å². The van der Waals surface area contributed by atoms with Gasteiger partial charge in [0.1, 0.15) is 0 Å². The molecule has 0 radical (unpaired) electrons. The number of halogens is 1. The highest BCUT2D eigenvalue weighted by atomic mass is 35.5. The van der Waals surface area contributed by atoms with Crippen molar-refractivity contribution in [3.8, 4) is 11.4 Å². The van der Waals surface area contributed by atoms with Gasteiger partial charge in [-0.25, -0.2) is 0 Å². The quantitative estimate of drug-likeness (QED) is 0.679. The molecule has 1 aromatic heterocycles. The molecule has 140 valence electrons. The van der Waals surface area contributed by atoms with Crippen LogP contribution in [-0.2, 0) is 11.3 Å². The number of benzene rings is 1. The van der Waals surface area contributed by atoms with Crippen LogP contribution in [0.25, 0.3) is 11.4 Å². The minimum absolute atomic E-state index is 0.209. The number of carbonyl (C=O) groups excluding carboxylic acids is 1. The van der Waals surface area contributed by atoms with Crippen molar-refractivity contribution in [3.63, 3.8) is 0 Å². The van der Waals surface area contributed by atoms with Gasteiger partial charge in [0.15, 0.2) is 11.0 Å². The third kappa shape index (κ3) is 4.23. The molecular formula is C19H25ClN4OS. The molecule has 1 saturated heterocycles. The Morgan fingerprint density at radius 2 is 2.00 bits per heavy atom. The lowest BCUT2D eigenvalue weighted by Crippen LogP contribution is -2.44. The average molecular weight is 393 g/mol. The third-order valence-corrected chi connectivity index (χ3v) is 6.08. The second-order valence-corrected chi connectivity index (χ2v) is 7.87. The highest BCUT2D eigenvalue weighted by Gasteiger charge is 2.25. The monoisotopic (exact) mass is 392 g/mol. The lowest BCUT2D eigenvalue weighted by atomic mass is 10.0. The van der Waals surface area contributed by atoms with Gasteiger partial charge in [0.2, 0.25) is 5.91 Å². The van der Waals surface area contributed by atoms with Crippen LogP contribution in [0.1, 0.15) is 39.5 Å². The molecule has 1 aromatic carbocycles. The Hall–Kier alpha value is -1.53. The topological polar surface area (TPSA) is 51.0 Å². The molecule has 1 aliphatic rings. The van der Waals surface area contributed by atoms with E-state index in [2.05, 4.69) is 33.5 Å². The first-order valence-corrected chi connectivity index (χ1v) is 10.6. The van der Waals surface area contributed by atoms with Crippen molar-refractivity contribution in [2.24, 2.45) is 0 Å². The minimum Gasteiger partial charge on any atom is -0.339 e. The summed E-state index contributed by atoms with van der Waals surface area (Å²) in [6.45, 7) is 5.86. The summed E-state index contributed by atoms with van der Waals surface area (Å²) in [6, 6.07) is 7.98. The molecule has 26 heavy (non-hydrogen) atoms. The number of thioether (sulfide) groups is 1. The summed E-state index contributed by atoms with van der Waals surface area (Å²) in [5, 5.41) is 10.1. The standard InChI is InChI=1S/C19H25ClN4OS/c1-3-16-7-5-6-12-24(16)17(25)13-26-19-22-21-18(23(19)4-2)14-8-10-15(20)11-9-14/h8-11,16H,3-7,12-13H2,1-2H3. The van der Waals surface area contributed by atoms with Gasteiger partial charge in [0.25, 0.3) is 0 Å². The summed E-state index contributed by atoms with van der Waals surface area (Å²) in [4.78, 5) is 14.7. The Labute approximate surface area is 164 Å². The van der Waals surface area contributed by atoms with E-state index in [1.54, 1.807) is 0 Å². The van der Waals surface area contributed by atoms with Gasteiger partial charge in [-0.15, -0.1) is 10.2 Å². The maximum Gasteiger partial charge on any atom is 0.233 e. The van der Waals surface area contributed by atoms with Gasteiger partial charge in [-0.05, 0) is 56.9 Å². The van der Waals surface area contributed by atoms with Crippen LogP contribution in [0.3, 0.4) is 0 Å². The minimum atomic E-state index is 0.209. The molecule has 0 spiro atoms. The van der Waals surface area contributed by atoms with Gasteiger partial charge in [0.05, 0.1) is 5.75 Å². The molecule has 0 saturated carbocycles. The fourth-order valence-corrected chi connectivity index (χ4v) is 4.47. The van der Waals surface area contributed by atoms with E-state index in [0.29, 0.717) is 16.8 Å². The number of hydrogen-bond donors (Lipinski definition) is 0. The molecule has 1 aliphatic heterocycles. The van der Waals surface area contributed by atoms with E-state index in [9.17, 15) is 4.79 Å². The van der Waals surface area contributed by atoms with Crippen molar-refractivity contribution >= 4 is 29.3 Å². The first-order valence-electron chi connectivity index (χ1n) is 9.25. The molecule has 2 aromatic rings. The van der Waals surface area contributed by atoms with Crippen LogP contribution in [0.4, 0.5) is 0 Å². The molecule has 1 fully saturated rings. The van der Waals surface area contributed by atoms with Gasteiger partial charge < -0.3 is 9.47 Å². The zero-order chi connectivity index (χ0) is 18.5. The number of rotatable bonds is 6. The number of amides is 1. The molecule has 5 nitrogen and oxygen atoms in total. The Morgan fingerprint density at radius 1 is 1.23 bits per heavy atom. The zero-order valence-electron chi connectivity index (χ0n) is 15.3. The number of nitrogens with zero attached hydrogens (tertiary/aromatic N) is 4. The van der Waals surface area contributed by atoms with Crippen molar-refractivity contribution in [2.45, 2.75) is 57.3 Å². The summed E-state index contributed by atoms with van der Waals surface area (Å²) < 4.78 is 2.05. The summed E-state index contributed by atoms with van der Waals surface area (Å²) >= 11 is 7.45. The van der Waals surface area contributed by atoms with E-state index in [0.717, 1.165) is 48.9 Å². The molecule has 0 aliphatic carbocycles. The number of hydrogen-bond acceptors (Lipinski definition) is 4. The van der Waals surface area contributed by atoms with Crippen molar-refractivity contribution in [3.05, 3.63) is 29.3 Å². The van der Waals surface area contributed by atoms with Crippen LogP contribution in [0.5, 0.6) is 0 Å². The largest absolute Gasteiger partial charge is 0.339 e. The molecule has 7 heteroatoms. The number of carbonyl (C=O) groups is 1. The third-order valence-electron chi connectivity index (χ3n) is 4.88. The van der Waals surface area contributed by atoms with Gasteiger partial charge in [0, 0.05) is 29.7 Å². The highest BCUT2D eigenvalue weighted by Crippen LogP contribution is 2.26. The summed E-state index contributed by atoms with van der Waals surface area (Å²) in [5.41, 5.74) is 0.976. The SMILES string of the molecule is CCC1CCCCN1C(=O)CSc1nnc(-c2ccc(Cl)cc2)n1CC. The van der Waals surface area contributed by atoms with Crippen LogP contribution in [0.2, 0.25) is 5.02 Å². The molecule has 0 N–H and O–H groups in total. The maximum absolute atomic E-state index is 12.7. The Kier molecular flexibility index (Phi) is 6.59. The number of likely N-dealkylation sites (tertiary alicyclic amines) is 1. The van der Waals surface area contributed by atoms with Crippen molar-refractivity contribution in [1.82, 2.24) is 19.7 Å². The molecule has 0 bridgehead atoms. The van der Waals surface area contributed by atoms with Gasteiger partial charge in [-0.3, -0.25) is 4.79 Å². The van der Waals surface area contributed by atoms with Gasteiger partial charge in [-0.2, -0.15) is 0 Å². The normalized spacial score (nSPS) is 17.5. The first-order chi connectivity index (χ1) is 12.6. The van der Waals surface area contributed by atoms with E-state index < -0.39 is 0 Å². The van der Waals surface area contributed by atoms with Crippen molar-refractivity contribution in [2.75, 3.05) is 12.3 Å². The highest BCUT2D eigenvalue weighted by molar-refractivity contribution is 7.99. The summed E-state index contributed by atoms with van der Waals surface area (Å²) in [7, 11) is 0. The van der Waals surface area contributed by atoms with Gasteiger partial charge >= 0.3 is 0 Å². The lowest BCUT2D eigenvalue weighted by molar-refractivity contribution is -0.132. The van der Waals surface area contributed by atoms with Crippen LogP contribution in [0.15, 0.2) is 29.4 Å². The lowest BCUT2D eigenvalue weighted by Gasteiger charge is -2.35. The van der Waals surface area contributed by atoms with Crippen molar-refractivity contribution < 1.29 is 4.79 Å². The Balaban J connectivity index is 1.70. The molecule has 1 unspecified atom stereocenters. The van der Waals surface area contributed by atoms with E-state index in [1.165, 1.54) is 18.2 Å². The Morgan fingerprint density at radius 3 is 2.69 bits per heavy atom. The van der Waals surface area contributed by atoms with Crippen LogP contribution in [-0.4, -0.2) is 43.9 Å². The summed E-state index contributed by atoms with van der Waals surface area (Å²) in [5.74, 6) is 1.43. The predicted molar refractivity (Wildman–Crippen MR) is 107 cm³/mol. The van der Waals surface area contributed by atoms with Crippen LogP contribution in [0, 0.1) is 0 Å².